The number of carbonyl (C=O) groups excluding carboxylic acids is 1. The first-order valence-electron chi connectivity index (χ1n) is 11.8. The van der Waals surface area contributed by atoms with Crippen molar-refractivity contribution in [1.29, 1.82) is 0 Å². The molecule has 12 nitrogen and oxygen atoms in total. The first-order chi connectivity index (χ1) is 17.5. The number of hydrogen-bond donors (Lipinski definition) is 6. The molecular weight excluding hydrogens is 492 g/mol. The molecule has 3 aliphatic rings. The number of benzene rings is 1. The minimum Gasteiger partial charge on any atom is -0.497 e. The summed E-state index contributed by atoms with van der Waals surface area (Å²) in [6, 6.07) is 6.95. The van der Waals surface area contributed by atoms with Gasteiger partial charge >= 0.3 is 5.97 Å². The zero-order valence-corrected chi connectivity index (χ0v) is 20.3. The number of hydrogen-bond acceptors (Lipinski definition) is 12. The Labute approximate surface area is 212 Å². The molecule has 2 heterocycles. The number of aliphatic hydroxyl groups excluding tert-OH is 4. The van der Waals surface area contributed by atoms with Gasteiger partial charge in [0.15, 0.2) is 6.29 Å². The summed E-state index contributed by atoms with van der Waals surface area (Å²) in [6.07, 6.45) is -5.47. The predicted octanol–water partition coefficient (Wildman–Crippen LogP) is -1.19. The minimum absolute atomic E-state index is 0.168. The zero-order chi connectivity index (χ0) is 27.0. The molecule has 12 heteroatoms. The molecule has 6 N–H and O–H groups in total. The molecule has 37 heavy (non-hydrogen) atoms. The highest BCUT2D eigenvalue weighted by molar-refractivity contribution is 5.87. The first-order valence-corrected chi connectivity index (χ1v) is 11.8. The van der Waals surface area contributed by atoms with Gasteiger partial charge in [-0.15, -0.1) is 0 Å². The average molecular weight is 525 g/mol. The van der Waals surface area contributed by atoms with Crippen LogP contribution in [0.5, 0.6) is 5.75 Å². The van der Waals surface area contributed by atoms with Crippen molar-refractivity contribution in [3.8, 4) is 5.75 Å². The summed E-state index contributed by atoms with van der Waals surface area (Å²) in [5.74, 6) is -1.30. The largest absolute Gasteiger partial charge is 0.497 e. The van der Waals surface area contributed by atoms with E-state index in [9.17, 15) is 35.4 Å². The van der Waals surface area contributed by atoms with Crippen molar-refractivity contribution in [2.45, 2.75) is 67.6 Å². The van der Waals surface area contributed by atoms with Gasteiger partial charge in [0.05, 0.1) is 31.5 Å². The van der Waals surface area contributed by atoms with Crippen LogP contribution in [0.2, 0.25) is 0 Å². The fourth-order valence-electron chi connectivity index (χ4n) is 5.01. The van der Waals surface area contributed by atoms with Crippen molar-refractivity contribution < 1.29 is 59.1 Å². The van der Waals surface area contributed by atoms with Gasteiger partial charge in [-0.25, -0.2) is 4.79 Å². The first kappa shape index (κ1) is 27.5. The summed E-state index contributed by atoms with van der Waals surface area (Å²) in [5.41, 5.74) is -2.86. The minimum atomic E-state index is -1.91. The highest BCUT2D eigenvalue weighted by Crippen LogP contribution is 2.50. The maximum atomic E-state index is 12.6. The van der Waals surface area contributed by atoms with Gasteiger partial charge in [-0.05, 0) is 36.8 Å². The smallest absolute Gasteiger partial charge is 0.331 e. The molecular formula is C25H32O12. The Hall–Kier alpha value is -2.55. The Balaban J connectivity index is 1.48. The molecule has 10 unspecified atom stereocenters. The molecule has 0 spiro atoms. The topological polar surface area (TPSA) is 185 Å². The highest BCUT2D eigenvalue weighted by atomic mass is 16.8. The van der Waals surface area contributed by atoms with Gasteiger partial charge in [-0.3, -0.25) is 0 Å². The molecule has 204 valence electrons. The molecule has 0 amide bonds. The second-order valence-corrected chi connectivity index (χ2v) is 9.60. The lowest BCUT2D eigenvalue weighted by Gasteiger charge is -2.45. The number of fused-ring (bicyclic) bond motifs is 1. The van der Waals surface area contributed by atoms with E-state index in [4.69, 9.17) is 23.7 Å². The highest BCUT2D eigenvalue weighted by Gasteiger charge is 2.65. The molecule has 4 rings (SSSR count). The fraction of sp³-hybridized carbons (Fsp3) is 0.560. The van der Waals surface area contributed by atoms with Crippen molar-refractivity contribution in [3.05, 3.63) is 48.2 Å². The van der Waals surface area contributed by atoms with Crippen LogP contribution in [-0.2, 0) is 23.7 Å². The molecule has 0 aromatic heterocycles. The number of rotatable bonds is 7. The van der Waals surface area contributed by atoms with Crippen LogP contribution < -0.4 is 4.74 Å². The average Bonchev–Trinajstić information content (AvgIpc) is 3.08. The van der Waals surface area contributed by atoms with Crippen LogP contribution in [-0.4, -0.2) is 105 Å². The van der Waals surface area contributed by atoms with Gasteiger partial charge in [-0.2, -0.15) is 0 Å². The normalized spacial score (nSPS) is 41.3. The summed E-state index contributed by atoms with van der Waals surface area (Å²) in [7, 11) is 1.54. The Morgan fingerprint density at radius 1 is 1.11 bits per heavy atom. The molecule has 0 radical (unpaired) electrons. The quantitative estimate of drug-likeness (QED) is 0.185. The predicted molar refractivity (Wildman–Crippen MR) is 124 cm³/mol. The van der Waals surface area contributed by atoms with Gasteiger partial charge in [0.25, 0.3) is 0 Å². The summed E-state index contributed by atoms with van der Waals surface area (Å²) in [4.78, 5) is 12.6. The molecule has 1 saturated heterocycles. The van der Waals surface area contributed by atoms with E-state index in [1.807, 2.05) is 0 Å². The molecule has 2 aliphatic heterocycles. The van der Waals surface area contributed by atoms with Crippen molar-refractivity contribution >= 4 is 12.0 Å². The Kier molecular flexibility index (Phi) is 7.93. The lowest BCUT2D eigenvalue weighted by atomic mass is 9.81. The van der Waals surface area contributed by atoms with Crippen molar-refractivity contribution in [3.63, 3.8) is 0 Å². The Morgan fingerprint density at radius 3 is 2.46 bits per heavy atom. The number of methoxy groups -OCH3 is 1. The third kappa shape index (κ3) is 5.38. The lowest BCUT2D eigenvalue weighted by Crippen LogP contribution is -2.62. The summed E-state index contributed by atoms with van der Waals surface area (Å²) in [5, 5.41) is 62.4. The van der Waals surface area contributed by atoms with E-state index in [2.05, 4.69) is 0 Å². The fourth-order valence-corrected chi connectivity index (χ4v) is 5.01. The number of aliphatic hydroxyl groups is 6. The van der Waals surface area contributed by atoms with E-state index in [1.165, 1.54) is 25.2 Å². The second kappa shape index (κ2) is 10.7. The molecule has 1 aromatic carbocycles. The van der Waals surface area contributed by atoms with E-state index >= 15 is 0 Å². The van der Waals surface area contributed by atoms with Crippen molar-refractivity contribution in [2.24, 2.45) is 5.92 Å². The van der Waals surface area contributed by atoms with Crippen LogP contribution in [0.25, 0.3) is 6.08 Å². The maximum Gasteiger partial charge on any atom is 0.331 e. The van der Waals surface area contributed by atoms with Crippen LogP contribution >= 0.6 is 0 Å². The SMILES string of the molecule is COc1ccc(C=CC(=O)OC2CC(C)(O)C3C(OC4OC(CO)C(O)C(O)C4O)OC=CC23O)cc1. The maximum absolute atomic E-state index is 12.6. The van der Waals surface area contributed by atoms with Crippen LogP contribution in [0.15, 0.2) is 42.7 Å². The van der Waals surface area contributed by atoms with Crippen LogP contribution in [0.4, 0.5) is 0 Å². The zero-order valence-electron chi connectivity index (χ0n) is 20.3. The monoisotopic (exact) mass is 524 g/mol. The number of esters is 1. The van der Waals surface area contributed by atoms with E-state index in [-0.39, 0.29) is 6.42 Å². The van der Waals surface area contributed by atoms with Gasteiger partial charge in [0.2, 0.25) is 6.29 Å². The third-order valence-electron chi connectivity index (χ3n) is 7.01. The standard InChI is InChI=1S/C25H32O12/c1-24(31)11-16(36-17(27)8-5-13-3-6-14(33-2)7-4-13)25(32)9-10-34-23(21(24)25)37-22-20(30)19(29)18(28)15(12-26)35-22/h3-10,15-16,18-23,26,28-32H,11-12H2,1-2H3. The van der Waals surface area contributed by atoms with E-state index < -0.39 is 72.8 Å². The molecule has 1 saturated carbocycles. The Morgan fingerprint density at radius 2 is 1.81 bits per heavy atom. The molecule has 2 fully saturated rings. The van der Waals surface area contributed by atoms with Gasteiger partial charge in [-0.1, -0.05) is 12.1 Å². The van der Waals surface area contributed by atoms with Gasteiger partial charge in [0.1, 0.15) is 41.9 Å². The van der Waals surface area contributed by atoms with Crippen LogP contribution in [0, 0.1) is 5.92 Å². The molecule has 10 atom stereocenters. The molecule has 1 aromatic rings. The molecule has 0 bridgehead atoms. The van der Waals surface area contributed by atoms with E-state index in [0.29, 0.717) is 11.3 Å². The van der Waals surface area contributed by atoms with Crippen molar-refractivity contribution in [2.75, 3.05) is 13.7 Å². The summed E-state index contributed by atoms with van der Waals surface area (Å²) >= 11 is 0. The Bertz CT molecular complexity index is 1010. The molecule has 1 aliphatic carbocycles. The number of carbonyl (C=O) groups is 1. The van der Waals surface area contributed by atoms with Gasteiger partial charge < -0.3 is 54.3 Å². The summed E-state index contributed by atoms with van der Waals surface area (Å²) in [6.45, 7) is 0.749. The third-order valence-corrected chi connectivity index (χ3v) is 7.01. The second-order valence-electron chi connectivity index (χ2n) is 9.60. The van der Waals surface area contributed by atoms with Gasteiger partial charge in [0, 0.05) is 12.5 Å². The van der Waals surface area contributed by atoms with Crippen LogP contribution in [0.3, 0.4) is 0 Å². The van der Waals surface area contributed by atoms with E-state index in [0.717, 1.165) is 6.26 Å². The van der Waals surface area contributed by atoms with E-state index in [1.54, 1.807) is 31.4 Å². The number of ether oxygens (including phenoxy) is 5. The summed E-state index contributed by atoms with van der Waals surface area (Å²) < 4.78 is 27.1. The van der Waals surface area contributed by atoms with Crippen molar-refractivity contribution in [1.82, 2.24) is 0 Å². The van der Waals surface area contributed by atoms with Crippen LogP contribution in [0.1, 0.15) is 18.9 Å². The lowest BCUT2D eigenvalue weighted by molar-refractivity contribution is -0.351.